The second-order valence-electron chi connectivity index (χ2n) is 2.74. The number of alkyl halides is 2. The van der Waals surface area contributed by atoms with Gasteiger partial charge in [-0.05, 0) is 13.8 Å². The van der Waals surface area contributed by atoms with Crippen LogP contribution in [0.2, 0.25) is 0 Å². The van der Waals surface area contributed by atoms with Crippen LogP contribution in [0.4, 0.5) is 13.6 Å². The van der Waals surface area contributed by atoms with E-state index in [1.54, 1.807) is 0 Å². The summed E-state index contributed by atoms with van der Waals surface area (Å²) < 4.78 is 29.2. The molecule has 0 radical (unpaired) electrons. The van der Waals surface area contributed by atoms with Crippen LogP contribution in [0.15, 0.2) is 0 Å². The van der Waals surface area contributed by atoms with Crippen molar-refractivity contribution in [3.8, 4) is 0 Å². The van der Waals surface area contributed by atoms with Crippen LogP contribution in [-0.4, -0.2) is 17.0 Å². The first-order chi connectivity index (χ1) is 4.67. The van der Waals surface area contributed by atoms with Gasteiger partial charge in [0.2, 0.25) is 0 Å². The van der Waals surface area contributed by atoms with Crippen LogP contribution in [0.5, 0.6) is 0 Å². The van der Waals surface area contributed by atoms with Crippen molar-refractivity contribution in [2.24, 2.45) is 0 Å². The summed E-state index contributed by atoms with van der Waals surface area (Å²) in [4.78, 5) is 10.1. The predicted molar refractivity (Wildman–Crippen MR) is 37.0 cm³/mol. The van der Waals surface area contributed by atoms with Gasteiger partial charge >= 0.3 is 5.43 Å². The maximum absolute atomic E-state index is 12.5. The van der Waals surface area contributed by atoms with E-state index < -0.39 is 17.0 Å². The van der Waals surface area contributed by atoms with Crippen molar-refractivity contribution in [3.05, 3.63) is 0 Å². The quantitative estimate of drug-likeness (QED) is 0.620. The maximum atomic E-state index is 12.5. The lowest BCUT2D eigenvalue weighted by Gasteiger charge is -2.29. The predicted octanol–water partition coefficient (Wildman–Crippen LogP) is 2.80. The fourth-order valence-corrected chi connectivity index (χ4v) is 0.483. The largest absolute Gasteiger partial charge is 0.441 e. The Balaban J connectivity index is 4.34. The van der Waals surface area contributed by atoms with Crippen molar-refractivity contribution in [2.75, 3.05) is 0 Å². The van der Waals surface area contributed by atoms with E-state index in [9.17, 15) is 13.6 Å². The summed E-state index contributed by atoms with van der Waals surface area (Å²) in [6.07, 6.45) is 0. The minimum Gasteiger partial charge on any atom is -0.441 e. The molecule has 0 aliphatic heterocycles. The zero-order valence-corrected chi connectivity index (χ0v) is 7.21. The van der Waals surface area contributed by atoms with Gasteiger partial charge in [0.1, 0.15) is 0 Å². The fourth-order valence-electron chi connectivity index (χ4n) is 0.290. The summed E-state index contributed by atoms with van der Waals surface area (Å²) in [6, 6.07) is 0. The van der Waals surface area contributed by atoms with Gasteiger partial charge in [-0.1, -0.05) is 0 Å². The molecule has 0 rings (SSSR count). The highest BCUT2D eigenvalue weighted by Gasteiger charge is 2.45. The number of hydrogen-bond acceptors (Lipinski definition) is 2. The third kappa shape index (κ3) is 3.01. The minimum atomic E-state index is -3.10. The fraction of sp³-hybridized carbons (Fsp3) is 0.833. The Labute approximate surface area is 68.5 Å². The molecule has 0 atom stereocenters. The average Bonchev–Trinajstić information content (AvgIpc) is 1.56. The molecule has 0 heterocycles. The third-order valence-corrected chi connectivity index (χ3v) is 1.47. The van der Waals surface area contributed by atoms with Gasteiger partial charge in [0.05, 0.1) is 0 Å². The number of ether oxygens (including phenoxy) is 1. The van der Waals surface area contributed by atoms with Gasteiger partial charge in [-0.3, -0.25) is 0 Å². The molecule has 0 N–H and O–H groups in total. The van der Waals surface area contributed by atoms with E-state index in [4.69, 9.17) is 11.6 Å². The molecule has 0 unspecified atom stereocenters. The van der Waals surface area contributed by atoms with E-state index in [0.29, 0.717) is 6.92 Å². The number of rotatable bonds is 2. The Morgan fingerprint density at radius 2 is 1.73 bits per heavy atom. The standard InChI is InChI=1S/C6H9ClF2O2/c1-5(2,6(3,8)9)11-4(7)10/h1-3H3. The van der Waals surface area contributed by atoms with Gasteiger partial charge in [0.25, 0.3) is 5.92 Å². The Morgan fingerprint density at radius 1 is 1.36 bits per heavy atom. The van der Waals surface area contributed by atoms with E-state index in [2.05, 4.69) is 4.74 Å². The zero-order chi connectivity index (χ0) is 9.28. The molecule has 66 valence electrons. The van der Waals surface area contributed by atoms with Gasteiger partial charge in [-0.25, -0.2) is 13.6 Å². The molecule has 0 aromatic rings. The molecular weight excluding hydrogens is 178 g/mol. The van der Waals surface area contributed by atoms with Gasteiger partial charge in [0.15, 0.2) is 5.60 Å². The lowest BCUT2D eigenvalue weighted by atomic mass is 10.0. The molecule has 0 amide bonds. The minimum absolute atomic E-state index is 0.660. The van der Waals surface area contributed by atoms with Crippen molar-refractivity contribution in [2.45, 2.75) is 32.3 Å². The number of hydrogen-bond donors (Lipinski definition) is 0. The van der Waals surface area contributed by atoms with Crippen molar-refractivity contribution in [1.29, 1.82) is 0 Å². The van der Waals surface area contributed by atoms with Crippen LogP contribution >= 0.6 is 11.6 Å². The molecule has 0 aliphatic carbocycles. The monoisotopic (exact) mass is 186 g/mol. The Morgan fingerprint density at radius 3 is 1.82 bits per heavy atom. The summed E-state index contributed by atoms with van der Waals surface area (Å²) in [6.45, 7) is 2.84. The van der Waals surface area contributed by atoms with E-state index >= 15 is 0 Å². The van der Waals surface area contributed by atoms with E-state index in [1.165, 1.54) is 0 Å². The first-order valence-corrected chi connectivity index (χ1v) is 3.31. The highest BCUT2D eigenvalue weighted by atomic mass is 35.5. The van der Waals surface area contributed by atoms with Crippen molar-refractivity contribution in [3.63, 3.8) is 0 Å². The Kier molecular flexibility index (Phi) is 2.83. The smallest absolute Gasteiger partial charge is 0.404 e. The molecule has 0 saturated carbocycles. The van der Waals surface area contributed by atoms with Gasteiger partial charge in [0, 0.05) is 18.5 Å². The number of carbonyl (C=O) groups is 1. The van der Waals surface area contributed by atoms with Crippen LogP contribution in [0.3, 0.4) is 0 Å². The topological polar surface area (TPSA) is 26.3 Å². The van der Waals surface area contributed by atoms with E-state index in [1.807, 2.05) is 0 Å². The molecule has 0 aromatic carbocycles. The van der Waals surface area contributed by atoms with Crippen molar-refractivity contribution < 1.29 is 18.3 Å². The lowest BCUT2D eigenvalue weighted by Crippen LogP contribution is -2.43. The molecular formula is C6H9ClF2O2. The molecule has 2 nitrogen and oxygen atoms in total. The SMILES string of the molecule is CC(F)(F)C(C)(C)OC(=O)Cl. The van der Waals surface area contributed by atoms with Gasteiger partial charge in [-0.15, -0.1) is 0 Å². The van der Waals surface area contributed by atoms with Crippen molar-refractivity contribution >= 4 is 17.0 Å². The maximum Gasteiger partial charge on any atom is 0.404 e. The first kappa shape index (κ1) is 10.6. The third-order valence-electron chi connectivity index (χ3n) is 1.39. The summed E-state index contributed by atoms with van der Waals surface area (Å²) in [5.41, 5.74) is -3.08. The lowest BCUT2D eigenvalue weighted by molar-refractivity contribution is -0.145. The van der Waals surface area contributed by atoms with Crippen LogP contribution in [0, 0.1) is 0 Å². The molecule has 0 spiro atoms. The molecule has 11 heavy (non-hydrogen) atoms. The van der Waals surface area contributed by atoms with Crippen LogP contribution in [0.25, 0.3) is 0 Å². The normalized spacial score (nSPS) is 12.9. The van der Waals surface area contributed by atoms with E-state index in [-0.39, 0.29) is 0 Å². The average molecular weight is 187 g/mol. The molecule has 0 fully saturated rings. The number of halogens is 3. The molecule has 5 heteroatoms. The van der Waals surface area contributed by atoms with E-state index in [0.717, 1.165) is 13.8 Å². The highest BCUT2D eigenvalue weighted by molar-refractivity contribution is 6.61. The summed E-state index contributed by atoms with van der Waals surface area (Å²) in [5.74, 6) is -3.10. The van der Waals surface area contributed by atoms with Crippen LogP contribution < -0.4 is 0 Å². The highest BCUT2D eigenvalue weighted by Crippen LogP contribution is 2.31. The molecule has 0 aliphatic rings. The van der Waals surface area contributed by atoms with Crippen molar-refractivity contribution in [1.82, 2.24) is 0 Å². The van der Waals surface area contributed by atoms with Crippen LogP contribution in [0.1, 0.15) is 20.8 Å². The molecule has 0 bridgehead atoms. The summed E-state index contributed by atoms with van der Waals surface area (Å²) in [5, 5.41) is 0. The summed E-state index contributed by atoms with van der Waals surface area (Å²) >= 11 is 4.77. The Hall–Kier alpha value is -0.380. The second kappa shape index (κ2) is 2.93. The van der Waals surface area contributed by atoms with Crippen LogP contribution in [-0.2, 0) is 4.74 Å². The van der Waals surface area contributed by atoms with Gasteiger partial charge in [-0.2, -0.15) is 0 Å². The van der Waals surface area contributed by atoms with Gasteiger partial charge < -0.3 is 4.74 Å². The summed E-state index contributed by atoms with van der Waals surface area (Å²) in [7, 11) is 0. The molecule has 0 aromatic heterocycles. The first-order valence-electron chi connectivity index (χ1n) is 2.93. The second-order valence-corrected chi connectivity index (χ2v) is 3.05. The zero-order valence-electron chi connectivity index (χ0n) is 6.45. The number of carbonyl (C=O) groups excluding carboxylic acids is 1. The Bertz CT molecular complexity index is 162. The molecule has 0 saturated heterocycles.